The number of nitrogens with one attached hydrogen (secondary N) is 1. The number of imide groups is 1. The number of amides is 3. The molecule has 1 atom stereocenters. The predicted molar refractivity (Wildman–Crippen MR) is 110 cm³/mol. The molecular weight excluding hydrogens is 384 g/mol. The maximum Gasteiger partial charge on any atom is 0.355 e. The average Bonchev–Trinajstić information content (AvgIpc) is 3.06. The van der Waals surface area contributed by atoms with E-state index in [1.165, 1.54) is 0 Å². The molecule has 3 rings (SSSR count). The van der Waals surface area contributed by atoms with Crippen LogP contribution < -0.4 is 5.32 Å². The second kappa shape index (κ2) is 9.87. The Kier molecular flexibility index (Phi) is 7.24. The molecule has 0 radical (unpaired) electrons. The van der Waals surface area contributed by atoms with E-state index in [-0.39, 0.29) is 31.1 Å². The summed E-state index contributed by atoms with van der Waals surface area (Å²) in [7, 11) is 0. The van der Waals surface area contributed by atoms with E-state index >= 15 is 0 Å². The minimum absolute atomic E-state index is 0.0287. The fourth-order valence-corrected chi connectivity index (χ4v) is 4.19. The van der Waals surface area contributed by atoms with Gasteiger partial charge in [-0.05, 0) is 43.1 Å². The van der Waals surface area contributed by atoms with Gasteiger partial charge in [0.25, 0.3) is 11.8 Å². The Bertz CT molecular complexity index is 768. The summed E-state index contributed by atoms with van der Waals surface area (Å²) in [6, 6.07) is 8.30. The summed E-state index contributed by atoms with van der Waals surface area (Å²) in [4.78, 5) is 54.3. The minimum atomic E-state index is -0.969. The first kappa shape index (κ1) is 22.0. The number of rotatable bonds is 7. The largest absolute Gasteiger partial charge is 0.355 e. The van der Waals surface area contributed by atoms with Gasteiger partial charge in [0.1, 0.15) is 6.04 Å². The molecule has 1 saturated carbocycles. The van der Waals surface area contributed by atoms with Crippen LogP contribution in [0.2, 0.25) is 0 Å². The maximum absolute atomic E-state index is 12.9. The van der Waals surface area contributed by atoms with Crippen LogP contribution in [0.15, 0.2) is 30.3 Å². The Morgan fingerprint density at radius 1 is 1.03 bits per heavy atom. The van der Waals surface area contributed by atoms with Crippen LogP contribution in [-0.2, 0) is 30.4 Å². The van der Waals surface area contributed by atoms with Crippen molar-refractivity contribution < 1.29 is 24.0 Å². The van der Waals surface area contributed by atoms with Gasteiger partial charge in [-0.25, -0.2) is 4.79 Å². The molecular formula is C23H30N2O5. The number of carbonyl (C=O) groups excluding carboxylic acids is 4. The fourth-order valence-electron chi connectivity index (χ4n) is 4.19. The van der Waals surface area contributed by atoms with E-state index in [0.717, 1.165) is 31.2 Å². The van der Waals surface area contributed by atoms with E-state index < -0.39 is 23.8 Å². The minimum Gasteiger partial charge on any atom is -0.342 e. The molecule has 2 fully saturated rings. The molecule has 30 heavy (non-hydrogen) atoms. The Hall–Kier alpha value is -2.70. The van der Waals surface area contributed by atoms with Gasteiger partial charge in [0.15, 0.2) is 0 Å². The molecule has 3 amide bonds. The quantitative estimate of drug-likeness (QED) is 0.693. The number of benzene rings is 1. The lowest BCUT2D eigenvalue weighted by molar-refractivity contribution is -0.199. The van der Waals surface area contributed by atoms with Crippen LogP contribution >= 0.6 is 0 Å². The summed E-state index contributed by atoms with van der Waals surface area (Å²) in [6.07, 6.45) is 3.88. The van der Waals surface area contributed by atoms with Gasteiger partial charge in [0, 0.05) is 25.2 Å². The van der Waals surface area contributed by atoms with Crippen LogP contribution in [0.4, 0.5) is 0 Å². The van der Waals surface area contributed by atoms with Crippen molar-refractivity contribution in [2.45, 2.75) is 64.8 Å². The van der Waals surface area contributed by atoms with E-state index in [0.29, 0.717) is 16.9 Å². The van der Waals surface area contributed by atoms with Crippen LogP contribution in [0.25, 0.3) is 0 Å². The highest BCUT2D eigenvalue weighted by molar-refractivity contribution is 6.02. The lowest BCUT2D eigenvalue weighted by atomic mass is 9.76. The summed E-state index contributed by atoms with van der Waals surface area (Å²) in [5, 5.41) is 3.35. The molecule has 1 aromatic carbocycles. The van der Waals surface area contributed by atoms with Crippen molar-refractivity contribution in [3.05, 3.63) is 35.9 Å². The van der Waals surface area contributed by atoms with Gasteiger partial charge in [0.2, 0.25) is 5.91 Å². The fraction of sp³-hybridized carbons (Fsp3) is 0.565. The highest BCUT2D eigenvalue weighted by Gasteiger charge is 2.36. The molecule has 1 heterocycles. The molecule has 0 unspecified atom stereocenters. The van der Waals surface area contributed by atoms with Crippen LogP contribution in [0, 0.1) is 17.8 Å². The van der Waals surface area contributed by atoms with Crippen molar-refractivity contribution in [1.29, 1.82) is 0 Å². The normalized spacial score (nSPS) is 22.8. The first-order chi connectivity index (χ1) is 14.3. The Labute approximate surface area is 177 Å². The molecule has 1 aromatic rings. The second-order valence-electron chi connectivity index (χ2n) is 8.60. The number of hydrogen-bond acceptors (Lipinski definition) is 5. The third kappa shape index (κ3) is 5.46. The number of nitrogens with zero attached hydrogens (tertiary/aromatic N) is 1. The van der Waals surface area contributed by atoms with Crippen molar-refractivity contribution in [1.82, 2.24) is 10.4 Å². The number of hydroxylamine groups is 2. The third-order valence-corrected chi connectivity index (χ3v) is 6.16. The van der Waals surface area contributed by atoms with Gasteiger partial charge in [0.05, 0.1) is 0 Å². The summed E-state index contributed by atoms with van der Waals surface area (Å²) in [5.41, 5.74) is 0.849. The Balaban J connectivity index is 1.66. The predicted octanol–water partition coefficient (Wildman–Crippen LogP) is 2.78. The van der Waals surface area contributed by atoms with E-state index in [4.69, 9.17) is 4.84 Å². The molecule has 1 saturated heterocycles. The average molecular weight is 415 g/mol. The zero-order valence-corrected chi connectivity index (χ0v) is 17.6. The smallest absolute Gasteiger partial charge is 0.342 e. The molecule has 0 aromatic heterocycles. The lowest BCUT2D eigenvalue weighted by Gasteiger charge is -2.31. The number of carbonyl (C=O) groups is 4. The van der Waals surface area contributed by atoms with Crippen LogP contribution in [-0.4, -0.2) is 34.8 Å². The van der Waals surface area contributed by atoms with E-state index in [1.54, 1.807) is 0 Å². The van der Waals surface area contributed by atoms with Gasteiger partial charge in [-0.3, -0.25) is 14.4 Å². The summed E-state index contributed by atoms with van der Waals surface area (Å²) in [6.45, 7) is 4.41. The van der Waals surface area contributed by atoms with Gasteiger partial charge >= 0.3 is 5.97 Å². The van der Waals surface area contributed by atoms with Gasteiger partial charge in [-0.2, -0.15) is 0 Å². The highest BCUT2D eigenvalue weighted by atomic mass is 16.7. The first-order valence-corrected chi connectivity index (χ1v) is 10.8. The molecule has 7 nitrogen and oxygen atoms in total. The summed E-state index contributed by atoms with van der Waals surface area (Å²) >= 11 is 0. The molecule has 1 aliphatic heterocycles. The van der Waals surface area contributed by atoms with Gasteiger partial charge in [-0.15, -0.1) is 5.06 Å². The van der Waals surface area contributed by atoms with E-state index in [9.17, 15) is 19.2 Å². The molecule has 0 spiro atoms. The van der Waals surface area contributed by atoms with Crippen LogP contribution in [0.1, 0.15) is 57.9 Å². The molecule has 2 aliphatic rings. The molecule has 7 heteroatoms. The Morgan fingerprint density at radius 3 is 2.20 bits per heavy atom. The van der Waals surface area contributed by atoms with Crippen LogP contribution in [0.5, 0.6) is 0 Å². The zero-order valence-electron chi connectivity index (χ0n) is 17.6. The van der Waals surface area contributed by atoms with Crippen molar-refractivity contribution >= 4 is 23.7 Å². The monoisotopic (exact) mass is 414 g/mol. The number of hydrogen-bond donors (Lipinski definition) is 1. The van der Waals surface area contributed by atoms with Gasteiger partial charge < -0.3 is 10.2 Å². The lowest BCUT2D eigenvalue weighted by Crippen LogP contribution is -2.48. The summed E-state index contributed by atoms with van der Waals surface area (Å²) < 4.78 is 0. The summed E-state index contributed by atoms with van der Waals surface area (Å²) in [5.74, 6) is -0.950. The molecule has 1 N–H and O–H groups in total. The zero-order chi connectivity index (χ0) is 21.7. The highest BCUT2D eigenvalue weighted by Crippen LogP contribution is 2.33. The van der Waals surface area contributed by atoms with Gasteiger partial charge in [-0.1, -0.05) is 44.2 Å². The Morgan fingerprint density at radius 2 is 1.63 bits per heavy atom. The molecule has 162 valence electrons. The van der Waals surface area contributed by atoms with Crippen molar-refractivity contribution in [3.63, 3.8) is 0 Å². The van der Waals surface area contributed by atoms with Crippen LogP contribution in [0.3, 0.4) is 0 Å². The molecule has 1 aliphatic carbocycles. The van der Waals surface area contributed by atoms with E-state index in [1.807, 2.05) is 30.3 Å². The molecule has 0 bridgehead atoms. The van der Waals surface area contributed by atoms with E-state index in [2.05, 4.69) is 19.2 Å². The standard InChI is InChI=1S/C23H30N2O5/c1-15(2)17-8-10-18(11-9-17)22(28)24-19(14-16-6-4-3-5-7-16)23(29)30-25-20(26)12-13-21(25)27/h3-7,15,17-19H,8-14H2,1-2H3,(H,24,28)/t17?,18?,19-/m1/s1. The SMILES string of the molecule is CC(C)C1CCC(C(=O)N[C@H](Cc2ccccc2)C(=O)ON2C(=O)CCC2=O)CC1. The third-order valence-electron chi connectivity index (χ3n) is 6.16. The maximum atomic E-state index is 12.9. The van der Waals surface area contributed by atoms with Crippen molar-refractivity contribution in [3.8, 4) is 0 Å². The first-order valence-electron chi connectivity index (χ1n) is 10.8. The van der Waals surface area contributed by atoms with Crippen molar-refractivity contribution in [2.24, 2.45) is 17.8 Å². The van der Waals surface area contributed by atoms with Crippen molar-refractivity contribution in [2.75, 3.05) is 0 Å². The second-order valence-corrected chi connectivity index (χ2v) is 8.60. The topological polar surface area (TPSA) is 92.8 Å².